The second kappa shape index (κ2) is 4.77. The molecule has 2 N–H and O–H groups in total. The van der Waals surface area contributed by atoms with Crippen molar-refractivity contribution in [1.29, 1.82) is 0 Å². The molecule has 0 radical (unpaired) electrons. The van der Waals surface area contributed by atoms with Gasteiger partial charge in [-0.05, 0) is 32.3 Å². The molecule has 1 heterocycles. The molecule has 0 spiro atoms. The zero-order valence-corrected chi connectivity index (χ0v) is 9.13. The van der Waals surface area contributed by atoms with Crippen molar-refractivity contribution in [1.82, 2.24) is 15.1 Å². The number of aliphatic hydroxyl groups excluding tert-OH is 1. The lowest BCUT2D eigenvalue weighted by Crippen LogP contribution is -2.43. The Kier molecular flexibility index (Phi) is 3.38. The van der Waals surface area contributed by atoms with E-state index in [9.17, 15) is 5.11 Å². The summed E-state index contributed by atoms with van der Waals surface area (Å²) in [7, 11) is 0. The van der Waals surface area contributed by atoms with Crippen molar-refractivity contribution in [2.75, 3.05) is 0 Å². The zero-order valence-electron chi connectivity index (χ0n) is 9.13. The molecule has 4 heteroatoms. The molecule has 0 amide bonds. The standard InChI is InChI=1S/C11H19N3O/c1-9(8-14-7-3-6-12-14)13-10-4-2-5-11(10)15/h3,6-7,9-11,13,15H,2,4-5,8H2,1H3. The molecule has 1 aliphatic rings. The second-order valence-corrected chi connectivity index (χ2v) is 4.40. The fourth-order valence-electron chi connectivity index (χ4n) is 2.24. The predicted molar refractivity (Wildman–Crippen MR) is 58.5 cm³/mol. The monoisotopic (exact) mass is 209 g/mol. The Morgan fingerprint density at radius 1 is 1.60 bits per heavy atom. The van der Waals surface area contributed by atoms with E-state index in [1.807, 2.05) is 16.9 Å². The van der Waals surface area contributed by atoms with Crippen molar-refractivity contribution >= 4 is 0 Å². The molecular weight excluding hydrogens is 190 g/mol. The van der Waals surface area contributed by atoms with E-state index < -0.39 is 0 Å². The van der Waals surface area contributed by atoms with E-state index in [2.05, 4.69) is 17.3 Å². The Hall–Kier alpha value is -0.870. The summed E-state index contributed by atoms with van der Waals surface area (Å²) < 4.78 is 1.92. The first kappa shape index (κ1) is 10.6. The lowest BCUT2D eigenvalue weighted by molar-refractivity contribution is 0.142. The van der Waals surface area contributed by atoms with Crippen molar-refractivity contribution in [3.63, 3.8) is 0 Å². The predicted octanol–water partition coefficient (Wildman–Crippen LogP) is 0.775. The van der Waals surface area contributed by atoms with Crippen LogP contribution in [-0.2, 0) is 6.54 Å². The summed E-state index contributed by atoms with van der Waals surface area (Å²) in [6, 6.07) is 2.55. The Balaban J connectivity index is 1.79. The molecule has 1 aromatic rings. The Bertz CT molecular complexity index is 286. The van der Waals surface area contributed by atoms with Crippen molar-refractivity contribution < 1.29 is 5.11 Å². The van der Waals surface area contributed by atoms with Gasteiger partial charge in [-0.25, -0.2) is 0 Å². The molecule has 1 fully saturated rings. The molecule has 3 unspecified atom stereocenters. The van der Waals surface area contributed by atoms with Gasteiger partial charge in [0.25, 0.3) is 0 Å². The molecule has 0 saturated heterocycles. The highest BCUT2D eigenvalue weighted by atomic mass is 16.3. The molecule has 84 valence electrons. The van der Waals surface area contributed by atoms with Crippen LogP contribution in [0.2, 0.25) is 0 Å². The van der Waals surface area contributed by atoms with Gasteiger partial charge in [0, 0.05) is 24.5 Å². The number of aliphatic hydroxyl groups is 1. The summed E-state index contributed by atoms with van der Waals surface area (Å²) >= 11 is 0. The molecule has 2 rings (SSSR count). The lowest BCUT2D eigenvalue weighted by Gasteiger charge is -2.22. The quantitative estimate of drug-likeness (QED) is 0.770. The first-order valence-electron chi connectivity index (χ1n) is 5.67. The van der Waals surface area contributed by atoms with Crippen LogP contribution in [0.15, 0.2) is 18.5 Å². The third kappa shape index (κ3) is 2.79. The fraction of sp³-hybridized carbons (Fsp3) is 0.727. The van der Waals surface area contributed by atoms with Crippen LogP contribution in [0.25, 0.3) is 0 Å². The topological polar surface area (TPSA) is 50.1 Å². The minimum Gasteiger partial charge on any atom is -0.392 e. The van der Waals surface area contributed by atoms with Crippen LogP contribution in [0.4, 0.5) is 0 Å². The van der Waals surface area contributed by atoms with E-state index in [1.54, 1.807) is 6.20 Å². The third-order valence-corrected chi connectivity index (χ3v) is 3.00. The Labute approximate surface area is 90.3 Å². The number of hydrogen-bond donors (Lipinski definition) is 2. The molecule has 4 nitrogen and oxygen atoms in total. The van der Waals surface area contributed by atoms with Crippen LogP contribution in [0, 0.1) is 0 Å². The van der Waals surface area contributed by atoms with E-state index in [0.29, 0.717) is 6.04 Å². The van der Waals surface area contributed by atoms with Crippen LogP contribution in [0.5, 0.6) is 0 Å². The zero-order chi connectivity index (χ0) is 10.7. The van der Waals surface area contributed by atoms with Crippen molar-refractivity contribution in [2.45, 2.75) is 50.9 Å². The van der Waals surface area contributed by atoms with Crippen LogP contribution in [0.3, 0.4) is 0 Å². The maximum atomic E-state index is 9.68. The van der Waals surface area contributed by atoms with Gasteiger partial charge in [0.1, 0.15) is 0 Å². The Morgan fingerprint density at radius 3 is 3.07 bits per heavy atom. The minimum atomic E-state index is -0.162. The van der Waals surface area contributed by atoms with E-state index in [0.717, 1.165) is 25.8 Å². The first-order valence-corrected chi connectivity index (χ1v) is 5.67. The molecular formula is C11H19N3O. The van der Waals surface area contributed by atoms with Gasteiger partial charge < -0.3 is 10.4 Å². The van der Waals surface area contributed by atoms with E-state index in [-0.39, 0.29) is 12.1 Å². The number of nitrogens with one attached hydrogen (secondary N) is 1. The van der Waals surface area contributed by atoms with Gasteiger partial charge in [0.05, 0.1) is 12.6 Å². The number of aromatic nitrogens is 2. The van der Waals surface area contributed by atoms with E-state index in [4.69, 9.17) is 0 Å². The summed E-state index contributed by atoms with van der Waals surface area (Å²) in [4.78, 5) is 0. The summed E-state index contributed by atoms with van der Waals surface area (Å²) in [5, 5.41) is 17.3. The molecule has 0 bridgehead atoms. The molecule has 1 aliphatic carbocycles. The summed E-state index contributed by atoms with van der Waals surface area (Å²) in [6.45, 7) is 2.99. The van der Waals surface area contributed by atoms with Crippen molar-refractivity contribution in [2.24, 2.45) is 0 Å². The fourth-order valence-corrected chi connectivity index (χ4v) is 2.24. The number of hydrogen-bond acceptors (Lipinski definition) is 3. The lowest BCUT2D eigenvalue weighted by atomic mass is 10.2. The third-order valence-electron chi connectivity index (χ3n) is 3.00. The van der Waals surface area contributed by atoms with Crippen LogP contribution in [-0.4, -0.2) is 33.1 Å². The van der Waals surface area contributed by atoms with Gasteiger partial charge in [0.15, 0.2) is 0 Å². The largest absolute Gasteiger partial charge is 0.392 e. The second-order valence-electron chi connectivity index (χ2n) is 4.40. The van der Waals surface area contributed by atoms with Gasteiger partial charge >= 0.3 is 0 Å². The van der Waals surface area contributed by atoms with Gasteiger partial charge in [-0.3, -0.25) is 4.68 Å². The summed E-state index contributed by atoms with van der Waals surface area (Å²) in [5.74, 6) is 0. The highest BCUT2D eigenvalue weighted by Gasteiger charge is 2.25. The molecule has 0 aliphatic heterocycles. The maximum absolute atomic E-state index is 9.68. The first-order chi connectivity index (χ1) is 7.25. The van der Waals surface area contributed by atoms with Crippen LogP contribution < -0.4 is 5.32 Å². The SMILES string of the molecule is CC(Cn1cccn1)NC1CCCC1O. The van der Waals surface area contributed by atoms with E-state index >= 15 is 0 Å². The normalized spacial score (nSPS) is 28.1. The van der Waals surface area contributed by atoms with Crippen LogP contribution in [0.1, 0.15) is 26.2 Å². The molecule has 3 atom stereocenters. The highest BCUT2D eigenvalue weighted by molar-refractivity contribution is 4.85. The van der Waals surface area contributed by atoms with Crippen molar-refractivity contribution in [3.8, 4) is 0 Å². The minimum absolute atomic E-state index is 0.162. The number of rotatable bonds is 4. The van der Waals surface area contributed by atoms with Gasteiger partial charge in [0.2, 0.25) is 0 Å². The number of nitrogens with zero attached hydrogens (tertiary/aromatic N) is 2. The van der Waals surface area contributed by atoms with Gasteiger partial charge in [-0.2, -0.15) is 5.10 Å². The Morgan fingerprint density at radius 2 is 2.47 bits per heavy atom. The molecule has 15 heavy (non-hydrogen) atoms. The van der Waals surface area contributed by atoms with Gasteiger partial charge in [-0.15, -0.1) is 0 Å². The average molecular weight is 209 g/mol. The molecule has 1 aromatic heterocycles. The van der Waals surface area contributed by atoms with E-state index in [1.165, 1.54) is 0 Å². The summed E-state index contributed by atoms with van der Waals surface area (Å²) in [5.41, 5.74) is 0. The van der Waals surface area contributed by atoms with Crippen molar-refractivity contribution in [3.05, 3.63) is 18.5 Å². The van der Waals surface area contributed by atoms with Crippen LogP contribution >= 0.6 is 0 Å². The molecule has 0 aromatic carbocycles. The van der Waals surface area contributed by atoms with Gasteiger partial charge in [-0.1, -0.05) is 0 Å². The highest BCUT2D eigenvalue weighted by Crippen LogP contribution is 2.19. The smallest absolute Gasteiger partial charge is 0.0693 e. The average Bonchev–Trinajstić information content (AvgIpc) is 2.79. The molecule has 1 saturated carbocycles. The maximum Gasteiger partial charge on any atom is 0.0693 e. The summed E-state index contributed by atoms with van der Waals surface area (Å²) in [6.07, 6.45) is 6.75.